The number of hydrogen-bond donors (Lipinski definition) is 1. The molecule has 0 amide bonds. The molecule has 0 aromatic heterocycles. The minimum absolute atomic E-state index is 0.276. The van der Waals surface area contributed by atoms with Crippen molar-refractivity contribution < 1.29 is 9.90 Å². The molecule has 19 heavy (non-hydrogen) atoms. The Morgan fingerprint density at radius 3 is 2.37 bits per heavy atom. The molecule has 0 heterocycles. The number of halogens is 2. The molecular formula is C14H23Cl2NO2. The first-order valence-corrected chi connectivity index (χ1v) is 8.00. The average molecular weight is 308 g/mol. The Morgan fingerprint density at radius 1 is 1.21 bits per heavy atom. The molecule has 0 bridgehead atoms. The Bertz CT molecular complexity index is 291. The lowest BCUT2D eigenvalue weighted by molar-refractivity contribution is -0.137. The summed E-state index contributed by atoms with van der Waals surface area (Å²) in [6.07, 6.45) is 8.74. The monoisotopic (exact) mass is 307 g/mol. The van der Waals surface area contributed by atoms with Gasteiger partial charge in [0.05, 0.1) is 0 Å². The van der Waals surface area contributed by atoms with E-state index in [2.05, 4.69) is 17.1 Å². The molecule has 0 spiro atoms. The second-order valence-corrected chi connectivity index (χ2v) is 5.75. The van der Waals surface area contributed by atoms with Crippen LogP contribution in [0.4, 0.5) is 0 Å². The summed E-state index contributed by atoms with van der Waals surface area (Å²) in [5.41, 5.74) is 0. The van der Waals surface area contributed by atoms with Gasteiger partial charge in [0.1, 0.15) is 0 Å². The highest BCUT2D eigenvalue weighted by atomic mass is 35.5. The maximum absolute atomic E-state index is 10.5. The summed E-state index contributed by atoms with van der Waals surface area (Å²) in [4.78, 5) is 12.8. The zero-order valence-electron chi connectivity index (χ0n) is 11.2. The van der Waals surface area contributed by atoms with Crippen molar-refractivity contribution in [1.82, 2.24) is 4.90 Å². The van der Waals surface area contributed by atoms with Crippen LogP contribution in [0.25, 0.3) is 0 Å². The highest BCUT2D eigenvalue weighted by molar-refractivity contribution is 6.18. The van der Waals surface area contributed by atoms with Gasteiger partial charge in [-0.2, -0.15) is 0 Å². The van der Waals surface area contributed by atoms with Gasteiger partial charge < -0.3 is 5.11 Å². The Kier molecular flexibility index (Phi) is 8.51. The summed E-state index contributed by atoms with van der Waals surface area (Å²) in [7, 11) is 0. The molecule has 5 heteroatoms. The lowest BCUT2D eigenvalue weighted by Gasteiger charge is -2.32. The van der Waals surface area contributed by atoms with Crippen molar-refractivity contribution in [3.8, 4) is 0 Å². The topological polar surface area (TPSA) is 40.5 Å². The summed E-state index contributed by atoms with van der Waals surface area (Å²) < 4.78 is 0. The predicted molar refractivity (Wildman–Crippen MR) is 80.2 cm³/mol. The van der Waals surface area contributed by atoms with E-state index in [0.29, 0.717) is 23.7 Å². The maximum Gasteiger partial charge on any atom is 0.303 e. The average Bonchev–Trinajstić information content (AvgIpc) is 2.39. The summed E-state index contributed by atoms with van der Waals surface area (Å²) in [5.74, 6) is 1.09. The van der Waals surface area contributed by atoms with E-state index < -0.39 is 5.97 Å². The Balaban J connectivity index is 2.36. The van der Waals surface area contributed by atoms with Gasteiger partial charge >= 0.3 is 5.97 Å². The SMILES string of the molecule is O=C(O)CCCC1C=CC(N(CCCl)CCCl)CC1. The number of aliphatic carboxylic acids is 1. The minimum Gasteiger partial charge on any atom is -0.481 e. The third-order valence-corrected chi connectivity index (χ3v) is 3.95. The van der Waals surface area contributed by atoms with Gasteiger partial charge in [-0.1, -0.05) is 12.2 Å². The fourth-order valence-electron chi connectivity index (χ4n) is 2.58. The van der Waals surface area contributed by atoms with Gasteiger partial charge in [-0.05, 0) is 31.6 Å². The minimum atomic E-state index is -0.701. The van der Waals surface area contributed by atoms with Crippen LogP contribution in [-0.4, -0.2) is 46.9 Å². The third-order valence-electron chi connectivity index (χ3n) is 3.62. The molecule has 0 aromatic carbocycles. The van der Waals surface area contributed by atoms with E-state index in [4.69, 9.17) is 28.3 Å². The number of hydrogen-bond acceptors (Lipinski definition) is 2. The van der Waals surface area contributed by atoms with Gasteiger partial charge in [0.15, 0.2) is 0 Å². The third kappa shape index (κ3) is 6.64. The van der Waals surface area contributed by atoms with Crippen LogP contribution < -0.4 is 0 Å². The van der Waals surface area contributed by atoms with Gasteiger partial charge in [0.2, 0.25) is 0 Å². The van der Waals surface area contributed by atoms with Gasteiger partial charge in [-0.3, -0.25) is 9.69 Å². The highest BCUT2D eigenvalue weighted by Crippen LogP contribution is 2.25. The second kappa shape index (κ2) is 9.62. The van der Waals surface area contributed by atoms with Crippen LogP contribution in [0.2, 0.25) is 0 Å². The lowest BCUT2D eigenvalue weighted by atomic mass is 9.88. The van der Waals surface area contributed by atoms with Crippen molar-refractivity contribution in [3.63, 3.8) is 0 Å². The van der Waals surface area contributed by atoms with E-state index in [1.807, 2.05) is 0 Å². The van der Waals surface area contributed by atoms with Crippen molar-refractivity contribution in [3.05, 3.63) is 12.2 Å². The lowest BCUT2D eigenvalue weighted by Crippen LogP contribution is -2.38. The molecule has 1 N–H and O–H groups in total. The van der Waals surface area contributed by atoms with Gasteiger partial charge in [-0.25, -0.2) is 0 Å². The summed E-state index contributed by atoms with van der Waals surface area (Å²) in [5, 5.41) is 8.63. The first-order valence-electron chi connectivity index (χ1n) is 6.93. The first-order chi connectivity index (χ1) is 9.17. The van der Waals surface area contributed by atoms with Crippen LogP contribution in [0.5, 0.6) is 0 Å². The van der Waals surface area contributed by atoms with E-state index in [0.717, 1.165) is 38.8 Å². The van der Waals surface area contributed by atoms with Gasteiger partial charge in [0, 0.05) is 37.3 Å². The van der Waals surface area contributed by atoms with Crippen LogP contribution in [0.3, 0.4) is 0 Å². The molecule has 0 radical (unpaired) electrons. The molecule has 1 rings (SSSR count). The molecule has 1 aliphatic rings. The Labute approximate surface area is 125 Å². The van der Waals surface area contributed by atoms with Crippen LogP contribution in [0, 0.1) is 5.92 Å². The molecule has 2 atom stereocenters. The van der Waals surface area contributed by atoms with Crippen molar-refractivity contribution in [2.24, 2.45) is 5.92 Å². The van der Waals surface area contributed by atoms with Crippen LogP contribution in [0.15, 0.2) is 12.2 Å². The molecule has 2 unspecified atom stereocenters. The van der Waals surface area contributed by atoms with Crippen LogP contribution in [-0.2, 0) is 4.79 Å². The summed E-state index contributed by atoms with van der Waals surface area (Å²) >= 11 is 11.6. The fourth-order valence-corrected chi connectivity index (χ4v) is 3.02. The first kappa shape index (κ1) is 16.8. The number of nitrogens with zero attached hydrogens (tertiary/aromatic N) is 1. The fraction of sp³-hybridized carbons (Fsp3) is 0.786. The zero-order valence-corrected chi connectivity index (χ0v) is 12.7. The second-order valence-electron chi connectivity index (χ2n) is 4.99. The predicted octanol–water partition coefficient (Wildman–Crippen LogP) is 3.36. The number of alkyl halides is 2. The van der Waals surface area contributed by atoms with E-state index >= 15 is 0 Å². The number of carbonyl (C=O) groups is 1. The summed E-state index contributed by atoms with van der Waals surface area (Å²) in [6.45, 7) is 1.74. The standard InChI is InChI=1S/C14H23Cl2NO2/c15-8-10-17(11-9-16)13-6-4-12(5-7-13)2-1-3-14(18)19/h4,6,12-13H,1-3,5,7-11H2,(H,18,19). The molecule has 0 aliphatic heterocycles. The van der Waals surface area contributed by atoms with Crippen molar-refractivity contribution in [1.29, 1.82) is 0 Å². The zero-order chi connectivity index (χ0) is 14.1. The van der Waals surface area contributed by atoms with E-state index in [1.54, 1.807) is 0 Å². The van der Waals surface area contributed by atoms with Gasteiger partial charge in [-0.15, -0.1) is 23.2 Å². The molecule has 0 saturated heterocycles. The van der Waals surface area contributed by atoms with Crippen LogP contribution in [0.1, 0.15) is 32.1 Å². The van der Waals surface area contributed by atoms with E-state index in [-0.39, 0.29) is 6.42 Å². The summed E-state index contributed by atoms with van der Waals surface area (Å²) in [6, 6.07) is 0.438. The Morgan fingerprint density at radius 2 is 1.89 bits per heavy atom. The largest absolute Gasteiger partial charge is 0.481 e. The number of carboxylic acids is 1. The highest BCUT2D eigenvalue weighted by Gasteiger charge is 2.20. The molecule has 110 valence electrons. The molecule has 0 aromatic rings. The number of allylic oxidation sites excluding steroid dienone is 1. The molecule has 0 fully saturated rings. The quantitative estimate of drug-likeness (QED) is 0.524. The van der Waals surface area contributed by atoms with Crippen molar-refractivity contribution in [2.75, 3.05) is 24.8 Å². The van der Waals surface area contributed by atoms with E-state index in [9.17, 15) is 4.79 Å². The van der Waals surface area contributed by atoms with Crippen molar-refractivity contribution in [2.45, 2.75) is 38.1 Å². The smallest absolute Gasteiger partial charge is 0.303 e. The Hall–Kier alpha value is -0.250. The molecular weight excluding hydrogens is 285 g/mol. The number of carboxylic acid groups (broad SMARTS) is 1. The molecule has 1 aliphatic carbocycles. The molecule has 3 nitrogen and oxygen atoms in total. The molecule has 0 saturated carbocycles. The van der Waals surface area contributed by atoms with E-state index in [1.165, 1.54) is 0 Å². The van der Waals surface area contributed by atoms with Gasteiger partial charge in [0.25, 0.3) is 0 Å². The van der Waals surface area contributed by atoms with Crippen molar-refractivity contribution >= 4 is 29.2 Å². The number of rotatable bonds is 9. The normalized spacial score (nSPS) is 22.9. The maximum atomic E-state index is 10.5. The van der Waals surface area contributed by atoms with Crippen LogP contribution >= 0.6 is 23.2 Å².